The van der Waals surface area contributed by atoms with Gasteiger partial charge in [-0.25, -0.2) is 0 Å². The number of nitrogens with zero attached hydrogens (tertiary/aromatic N) is 2. The third kappa shape index (κ3) is 5.20. The third-order valence-corrected chi connectivity index (χ3v) is 5.36. The highest BCUT2D eigenvalue weighted by Crippen LogP contribution is 2.37. The van der Waals surface area contributed by atoms with Gasteiger partial charge in [0.25, 0.3) is 0 Å². The molecule has 3 rings (SSSR count). The fraction of sp³-hybridized carbons (Fsp3) is 0.320. The van der Waals surface area contributed by atoms with E-state index in [4.69, 9.17) is 4.99 Å². The maximum absolute atomic E-state index is 4.74. The van der Waals surface area contributed by atoms with Gasteiger partial charge < -0.3 is 10.2 Å². The Morgan fingerprint density at radius 1 is 1.32 bits per heavy atom. The zero-order valence-corrected chi connectivity index (χ0v) is 16.9. The summed E-state index contributed by atoms with van der Waals surface area (Å²) in [5.74, 6) is 0.592. The molecule has 0 unspecified atom stereocenters. The molecule has 3 heteroatoms. The van der Waals surface area contributed by atoms with Crippen molar-refractivity contribution in [1.82, 2.24) is 10.2 Å². The minimum atomic E-state index is 0. The van der Waals surface area contributed by atoms with Gasteiger partial charge in [0.05, 0.1) is 17.1 Å². The Balaban J connectivity index is 0.00000300. The topological polar surface area (TPSA) is 27.6 Å². The molecule has 28 heavy (non-hydrogen) atoms. The van der Waals surface area contributed by atoms with Crippen LogP contribution in [0.3, 0.4) is 0 Å². The van der Waals surface area contributed by atoms with Crippen LogP contribution in [0.1, 0.15) is 33.2 Å². The molecule has 3 nitrogen and oxygen atoms in total. The van der Waals surface area contributed by atoms with E-state index >= 15 is 0 Å². The minimum absolute atomic E-state index is 0. The fourth-order valence-corrected chi connectivity index (χ4v) is 3.64. The van der Waals surface area contributed by atoms with Crippen LogP contribution in [0.4, 0.5) is 0 Å². The van der Waals surface area contributed by atoms with E-state index in [1.807, 2.05) is 25.1 Å². The first-order valence-electron chi connectivity index (χ1n) is 10.1. The standard InChI is InChI=1S/C25H31N3.H2/c1-5-11-22(6-2)24-16-25(24)26-15-10-14-23-18-28(20(4)19(3)27-23)17-21-12-8-7-9-13-21;/h5-9,11-13,18,24-26H,1-2,4,10,14-17H2,3H3;1H/b22-11+;/t24-,25+;/m0./s1. The van der Waals surface area contributed by atoms with Crippen LogP contribution in [0.25, 0.3) is 0 Å². The van der Waals surface area contributed by atoms with Gasteiger partial charge in [-0.3, -0.25) is 4.99 Å². The minimum Gasteiger partial charge on any atom is -0.341 e. The zero-order chi connectivity index (χ0) is 19.9. The van der Waals surface area contributed by atoms with Crippen LogP contribution in [0, 0.1) is 5.92 Å². The van der Waals surface area contributed by atoms with Crippen molar-refractivity contribution in [2.45, 2.75) is 38.8 Å². The van der Waals surface area contributed by atoms with Gasteiger partial charge >= 0.3 is 0 Å². The summed E-state index contributed by atoms with van der Waals surface area (Å²) < 4.78 is 0. The van der Waals surface area contributed by atoms with Gasteiger partial charge in [0.15, 0.2) is 0 Å². The molecule has 1 aliphatic carbocycles. The van der Waals surface area contributed by atoms with Crippen LogP contribution < -0.4 is 5.32 Å². The van der Waals surface area contributed by atoms with Crippen molar-refractivity contribution in [1.29, 1.82) is 0 Å². The molecule has 2 atom stereocenters. The quantitative estimate of drug-likeness (QED) is 0.424. The lowest BCUT2D eigenvalue weighted by molar-refractivity contribution is 0.468. The number of hydrogen-bond donors (Lipinski definition) is 1. The summed E-state index contributed by atoms with van der Waals surface area (Å²) in [5.41, 5.74) is 5.69. The lowest BCUT2D eigenvalue weighted by Crippen LogP contribution is -2.24. The number of allylic oxidation sites excluding steroid dienone is 5. The Morgan fingerprint density at radius 3 is 2.82 bits per heavy atom. The van der Waals surface area contributed by atoms with Crippen molar-refractivity contribution in [3.63, 3.8) is 0 Å². The average molecular weight is 376 g/mol. The number of rotatable bonds is 10. The molecule has 1 saturated carbocycles. The Morgan fingerprint density at radius 2 is 2.11 bits per heavy atom. The zero-order valence-electron chi connectivity index (χ0n) is 16.9. The first-order valence-corrected chi connectivity index (χ1v) is 10.1. The summed E-state index contributed by atoms with van der Waals surface area (Å²) in [6.45, 7) is 15.8. The van der Waals surface area contributed by atoms with Crippen molar-refractivity contribution < 1.29 is 1.43 Å². The molecule has 0 saturated heterocycles. The van der Waals surface area contributed by atoms with Crippen molar-refractivity contribution in [2.24, 2.45) is 10.9 Å². The maximum atomic E-state index is 4.74. The molecule has 148 valence electrons. The van der Waals surface area contributed by atoms with Crippen molar-refractivity contribution in [3.8, 4) is 0 Å². The predicted octanol–water partition coefficient (Wildman–Crippen LogP) is 5.62. The Bertz CT molecular complexity index is 820. The van der Waals surface area contributed by atoms with Crippen LogP contribution in [0.2, 0.25) is 0 Å². The van der Waals surface area contributed by atoms with Crippen molar-refractivity contribution in [2.75, 3.05) is 6.54 Å². The highest BCUT2D eigenvalue weighted by Gasteiger charge is 2.37. The molecule has 1 heterocycles. The van der Waals surface area contributed by atoms with Crippen LogP contribution in [0.15, 0.2) is 96.5 Å². The van der Waals surface area contributed by atoms with E-state index in [-0.39, 0.29) is 1.43 Å². The molecule has 1 aromatic carbocycles. The van der Waals surface area contributed by atoms with Gasteiger partial charge in [-0.15, -0.1) is 0 Å². The van der Waals surface area contributed by atoms with Gasteiger partial charge in [-0.2, -0.15) is 0 Å². The normalized spacial score (nSPS) is 21.8. The highest BCUT2D eigenvalue weighted by atomic mass is 15.2. The van der Waals surface area contributed by atoms with Crippen molar-refractivity contribution in [3.05, 3.63) is 97.0 Å². The number of nitrogens with one attached hydrogen (secondary N) is 1. The maximum Gasteiger partial charge on any atom is 0.0607 e. The monoisotopic (exact) mass is 375 g/mol. The summed E-state index contributed by atoms with van der Waals surface area (Å²) in [7, 11) is 0. The molecule has 2 aliphatic rings. The van der Waals surface area contributed by atoms with E-state index in [0.29, 0.717) is 12.0 Å². The van der Waals surface area contributed by atoms with Gasteiger partial charge in [0.1, 0.15) is 0 Å². The number of benzene rings is 1. The molecule has 1 aliphatic heterocycles. The van der Waals surface area contributed by atoms with Gasteiger partial charge in [0, 0.05) is 26.1 Å². The predicted molar refractivity (Wildman–Crippen MR) is 122 cm³/mol. The van der Waals surface area contributed by atoms with Crippen molar-refractivity contribution >= 4 is 5.71 Å². The van der Waals surface area contributed by atoms with E-state index < -0.39 is 0 Å². The smallest absolute Gasteiger partial charge is 0.0607 e. The molecule has 0 bridgehead atoms. The SMILES string of the molecule is C=C/C=C(\C=C)[C@@H]1C[C@H]1NCCCC1=CN(Cc2ccccc2)C(=C)C(C)=N1.[HH]. The van der Waals surface area contributed by atoms with Gasteiger partial charge in [0.2, 0.25) is 0 Å². The summed E-state index contributed by atoms with van der Waals surface area (Å²) in [4.78, 5) is 6.96. The first kappa shape index (κ1) is 20.1. The molecule has 0 amide bonds. The Labute approximate surface area is 171 Å². The fourth-order valence-electron chi connectivity index (χ4n) is 3.64. The lowest BCUT2D eigenvalue weighted by Gasteiger charge is -2.27. The first-order chi connectivity index (χ1) is 13.6. The number of hydrogen-bond acceptors (Lipinski definition) is 3. The molecule has 0 aromatic heterocycles. The molecule has 1 N–H and O–H groups in total. The Kier molecular flexibility index (Phi) is 6.83. The lowest BCUT2D eigenvalue weighted by atomic mass is 10.1. The second-order valence-corrected chi connectivity index (χ2v) is 7.49. The molecular weight excluding hydrogens is 342 g/mol. The number of aliphatic imine (C=N–C) groups is 1. The molecular formula is C25H33N3. The average Bonchev–Trinajstić information content (AvgIpc) is 3.47. The van der Waals surface area contributed by atoms with E-state index in [1.54, 1.807) is 0 Å². The largest absolute Gasteiger partial charge is 0.341 e. The molecule has 1 aromatic rings. The highest BCUT2D eigenvalue weighted by molar-refractivity contribution is 5.98. The molecule has 1 fully saturated rings. The van der Waals surface area contributed by atoms with E-state index in [9.17, 15) is 0 Å². The van der Waals surface area contributed by atoms with E-state index in [2.05, 4.69) is 66.5 Å². The van der Waals surface area contributed by atoms with Crippen LogP contribution >= 0.6 is 0 Å². The summed E-state index contributed by atoms with van der Waals surface area (Å²) >= 11 is 0. The summed E-state index contributed by atoms with van der Waals surface area (Å²) in [6.07, 6.45) is 11.3. The molecule has 0 radical (unpaired) electrons. The van der Waals surface area contributed by atoms with Crippen LogP contribution in [0.5, 0.6) is 0 Å². The second kappa shape index (κ2) is 9.52. The van der Waals surface area contributed by atoms with Gasteiger partial charge in [-0.1, -0.05) is 68.3 Å². The van der Waals surface area contributed by atoms with Gasteiger partial charge in [-0.05, 0) is 43.9 Å². The summed E-state index contributed by atoms with van der Waals surface area (Å²) in [6, 6.07) is 11.1. The van der Waals surface area contributed by atoms with E-state index in [0.717, 1.165) is 43.0 Å². The van der Waals surface area contributed by atoms with Crippen LogP contribution in [-0.4, -0.2) is 23.2 Å². The summed E-state index contributed by atoms with van der Waals surface area (Å²) in [5, 5.41) is 3.66. The second-order valence-electron chi connectivity index (χ2n) is 7.49. The Hall–Kier alpha value is -2.65. The van der Waals surface area contributed by atoms with E-state index in [1.165, 1.54) is 17.6 Å². The van der Waals surface area contributed by atoms with Crippen LogP contribution in [-0.2, 0) is 6.54 Å². The third-order valence-electron chi connectivity index (χ3n) is 5.36. The molecule has 0 spiro atoms.